The standard InChI is InChI=1S/C22H23NO6S/c1-27-13-7-8-15(16(11-13)28-2)20(24)18-19(17-6-4-10-30-17)23(22(26)21(18)25)12-14-5-3-9-29-14/h4,6-8,10-11,14,19,24H,3,5,9,12H2,1-2H3/b20-18-. The van der Waals surface area contributed by atoms with Crippen LogP contribution in [-0.4, -0.2) is 55.2 Å². The van der Waals surface area contributed by atoms with Gasteiger partial charge in [0, 0.05) is 24.1 Å². The molecule has 7 nitrogen and oxygen atoms in total. The van der Waals surface area contributed by atoms with E-state index >= 15 is 0 Å². The molecule has 1 N–H and O–H groups in total. The Hall–Kier alpha value is -2.84. The third-order valence-corrected chi connectivity index (χ3v) is 6.37. The normalized spacial score (nSPS) is 23.2. The van der Waals surface area contributed by atoms with Crippen molar-refractivity contribution in [3.63, 3.8) is 0 Å². The Morgan fingerprint density at radius 1 is 1.27 bits per heavy atom. The van der Waals surface area contributed by atoms with Crippen molar-refractivity contribution in [1.82, 2.24) is 4.90 Å². The van der Waals surface area contributed by atoms with Crippen LogP contribution in [0.25, 0.3) is 5.76 Å². The number of carbonyl (C=O) groups is 2. The molecule has 2 unspecified atom stereocenters. The molecule has 8 heteroatoms. The van der Waals surface area contributed by atoms with Gasteiger partial charge in [-0.15, -0.1) is 11.3 Å². The number of carbonyl (C=O) groups excluding carboxylic acids is 2. The van der Waals surface area contributed by atoms with E-state index in [2.05, 4.69) is 0 Å². The Labute approximate surface area is 178 Å². The monoisotopic (exact) mass is 429 g/mol. The molecule has 0 aliphatic carbocycles. The predicted octanol–water partition coefficient (Wildman–Crippen LogP) is 3.37. The lowest BCUT2D eigenvalue weighted by molar-refractivity contribution is -0.140. The van der Waals surface area contributed by atoms with Gasteiger partial charge in [0.25, 0.3) is 11.7 Å². The smallest absolute Gasteiger partial charge is 0.295 e. The molecule has 1 aromatic heterocycles. The van der Waals surface area contributed by atoms with Crippen molar-refractivity contribution in [3.8, 4) is 11.5 Å². The van der Waals surface area contributed by atoms with Crippen LogP contribution in [0.15, 0.2) is 41.3 Å². The van der Waals surface area contributed by atoms with Gasteiger partial charge >= 0.3 is 0 Å². The molecular weight excluding hydrogens is 406 g/mol. The van der Waals surface area contributed by atoms with Gasteiger partial charge in [0.2, 0.25) is 0 Å². The molecule has 1 amide bonds. The number of hydrogen-bond donors (Lipinski definition) is 1. The van der Waals surface area contributed by atoms with Crippen LogP contribution in [0.4, 0.5) is 0 Å². The maximum Gasteiger partial charge on any atom is 0.295 e. The topological polar surface area (TPSA) is 85.3 Å². The molecule has 2 aromatic rings. The number of rotatable bonds is 6. The van der Waals surface area contributed by atoms with E-state index in [1.54, 1.807) is 18.2 Å². The molecule has 3 heterocycles. The van der Waals surface area contributed by atoms with Crippen molar-refractivity contribution in [1.29, 1.82) is 0 Å². The Balaban J connectivity index is 1.82. The third-order valence-electron chi connectivity index (χ3n) is 5.44. The number of aliphatic hydroxyl groups excluding tert-OH is 1. The number of methoxy groups -OCH3 is 2. The second kappa shape index (κ2) is 8.49. The van der Waals surface area contributed by atoms with E-state index in [0.29, 0.717) is 30.2 Å². The highest BCUT2D eigenvalue weighted by atomic mass is 32.1. The number of aliphatic hydroxyl groups is 1. The largest absolute Gasteiger partial charge is 0.507 e. The van der Waals surface area contributed by atoms with Gasteiger partial charge in [-0.25, -0.2) is 0 Å². The van der Waals surface area contributed by atoms with E-state index < -0.39 is 17.7 Å². The van der Waals surface area contributed by atoms with Crippen LogP contribution in [0.2, 0.25) is 0 Å². The van der Waals surface area contributed by atoms with E-state index in [0.717, 1.165) is 17.7 Å². The summed E-state index contributed by atoms with van der Waals surface area (Å²) in [7, 11) is 3.00. The molecule has 2 aliphatic rings. The van der Waals surface area contributed by atoms with Gasteiger partial charge in [-0.2, -0.15) is 0 Å². The lowest BCUT2D eigenvalue weighted by Gasteiger charge is -2.26. The Morgan fingerprint density at radius 3 is 2.73 bits per heavy atom. The van der Waals surface area contributed by atoms with Gasteiger partial charge in [-0.1, -0.05) is 6.07 Å². The zero-order valence-corrected chi connectivity index (χ0v) is 17.6. The van der Waals surface area contributed by atoms with Crippen LogP contribution >= 0.6 is 11.3 Å². The fraction of sp³-hybridized carbons (Fsp3) is 0.364. The number of hydrogen-bond acceptors (Lipinski definition) is 7. The number of ketones is 1. The summed E-state index contributed by atoms with van der Waals surface area (Å²) in [5.41, 5.74) is 0.388. The van der Waals surface area contributed by atoms with E-state index in [9.17, 15) is 14.7 Å². The van der Waals surface area contributed by atoms with Crippen molar-refractivity contribution in [2.45, 2.75) is 25.0 Å². The predicted molar refractivity (Wildman–Crippen MR) is 112 cm³/mol. The van der Waals surface area contributed by atoms with Gasteiger partial charge in [0.15, 0.2) is 0 Å². The summed E-state index contributed by atoms with van der Waals surface area (Å²) in [6.45, 7) is 0.963. The number of thiophene rings is 1. The van der Waals surface area contributed by atoms with Crippen LogP contribution in [-0.2, 0) is 14.3 Å². The lowest BCUT2D eigenvalue weighted by Crippen LogP contribution is -2.36. The Bertz CT molecular complexity index is 978. The SMILES string of the molecule is COc1ccc(/C(O)=C2/C(=O)C(=O)N(CC3CCCO3)C2c2cccs2)c(OC)c1. The summed E-state index contributed by atoms with van der Waals surface area (Å²) in [5.74, 6) is -0.695. The summed E-state index contributed by atoms with van der Waals surface area (Å²) in [4.78, 5) is 28.3. The van der Waals surface area contributed by atoms with Crippen molar-refractivity contribution >= 4 is 28.8 Å². The first-order chi connectivity index (χ1) is 14.5. The van der Waals surface area contributed by atoms with Crippen molar-refractivity contribution < 1.29 is 28.9 Å². The molecule has 1 aromatic carbocycles. The van der Waals surface area contributed by atoms with E-state index in [1.807, 2.05) is 17.5 Å². The minimum Gasteiger partial charge on any atom is -0.507 e. The molecule has 30 heavy (non-hydrogen) atoms. The maximum absolute atomic E-state index is 13.0. The first kappa shape index (κ1) is 20.4. The molecule has 0 spiro atoms. The molecule has 2 atom stereocenters. The van der Waals surface area contributed by atoms with Crippen LogP contribution in [0.5, 0.6) is 11.5 Å². The first-order valence-electron chi connectivity index (χ1n) is 9.71. The summed E-state index contributed by atoms with van der Waals surface area (Å²) in [5, 5.41) is 13.0. The average molecular weight is 429 g/mol. The number of amides is 1. The second-order valence-corrected chi connectivity index (χ2v) is 8.15. The number of benzene rings is 1. The maximum atomic E-state index is 13.0. The summed E-state index contributed by atoms with van der Waals surface area (Å²) >= 11 is 1.43. The van der Waals surface area contributed by atoms with Gasteiger partial charge in [-0.3, -0.25) is 9.59 Å². The summed E-state index contributed by atoms with van der Waals surface area (Å²) < 4.78 is 16.3. The highest BCUT2D eigenvalue weighted by molar-refractivity contribution is 7.10. The molecule has 2 saturated heterocycles. The summed E-state index contributed by atoms with van der Waals surface area (Å²) in [6, 6.07) is 7.97. The minimum atomic E-state index is -0.707. The molecule has 0 radical (unpaired) electrons. The first-order valence-corrected chi connectivity index (χ1v) is 10.6. The fourth-order valence-corrected chi connectivity index (χ4v) is 4.80. The van der Waals surface area contributed by atoms with Crippen LogP contribution in [0.3, 0.4) is 0 Å². The molecule has 4 rings (SSSR count). The minimum absolute atomic E-state index is 0.0592. The van der Waals surface area contributed by atoms with Crippen LogP contribution < -0.4 is 9.47 Å². The Kier molecular flexibility index (Phi) is 5.78. The van der Waals surface area contributed by atoms with Gasteiger partial charge in [0.05, 0.1) is 37.5 Å². The zero-order chi connectivity index (χ0) is 21.3. The molecule has 0 saturated carbocycles. The molecule has 2 aliphatic heterocycles. The molecular formula is C22H23NO6S. The van der Waals surface area contributed by atoms with E-state index in [1.165, 1.54) is 30.5 Å². The van der Waals surface area contributed by atoms with Gasteiger partial charge < -0.3 is 24.2 Å². The number of Topliss-reactive ketones (excluding diaryl/α,β-unsaturated/α-hetero) is 1. The van der Waals surface area contributed by atoms with Gasteiger partial charge in [-0.05, 0) is 36.4 Å². The quantitative estimate of drug-likeness (QED) is 0.431. The van der Waals surface area contributed by atoms with Crippen molar-refractivity contribution in [2.75, 3.05) is 27.4 Å². The third kappa shape index (κ3) is 3.57. The van der Waals surface area contributed by atoms with Gasteiger partial charge in [0.1, 0.15) is 17.3 Å². The summed E-state index contributed by atoms with van der Waals surface area (Å²) in [6.07, 6.45) is 1.66. The average Bonchev–Trinajstić information content (AvgIpc) is 3.52. The second-order valence-electron chi connectivity index (χ2n) is 7.17. The molecule has 2 fully saturated rings. The van der Waals surface area contributed by atoms with Crippen molar-refractivity contribution in [2.24, 2.45) is 0 Å². The fourth-order valence-electron chi connectivity index (χ4n) is 3.96. The van der Waals surface area contributed by atoms with Crippen LogP contribution in [0.1, 0.15) is 29.3 Å². The molecule has 158 valence electrons. The number of ether oxygens (including phenoxy) is 3. The highest BCUT2D eigenvalue weighted by Gasteiger charge is 2.47. The zero-order valence-electron chi connectivity index (χ0n) is 16.8. The van der Waals surface area contributed by atoms with Crippen molar-refractivity contribution in [3.05, 3.63) is 51.7 Å². The lowest BCUT2D eigenvalue weighted by atomic mass is 9.99. The highest BCUT2D eigenvalue weighted by Crippen LogP contribution is 2.43. The van der Waals surface area contributed by atoms with Crippen LogP contribution in [0, 0.1) is 0 Å². The molecule has 0 bridgehead atoms. The number of nitrogens with zero attached hydrogens (tertiary/aromatic N) is 1. The number of likely N-dealkylation sites (tertiary alicyclic amines) is 1. The van der Waals surface area contributed by atoms with E-state index in [4.69, 9.17) is 14.2 Å². The van der Waals surface area contributed by atoms with E-state index in [-0.39, 0.29) is 17.4 Å². The Morgan fingerprint density at radius 2 is 2.10 bits per heavy atom.